The van der Waals surface area contributed by atoms with Gasteiger partial charge in [0.2, 0.25) is 0 Å². The summed E-state index contributed by atoms with van der Waals surface area (Å²) in [6.45, 7) is 4.41. The third kappa shape index (κ3) is 5.26. The number of aromatic nitrogens is 1. The Hall–Kier alpha value is -1.62. The Balaban J connectivity index is 2.78. The minimum atomic E-state index is -0.961. The molecule has 0 saturated heterocycles. The first-order valence-electron chi connectivity index (χ1n) is 6.73. The van der Waals surface area contributed by atoms with Gasteiger partial charge in [-0.3, -0.25) is 0 Å². The maximum atomic E-state index is 11.0. The van der Waals surface area contributed by atoms with Crippen molar-refractivity contribution >= 4 is 11.8 Å². The summed E-state index contributed by atoms with van der Waals surface area (Å²) in [5.41, 5.74) is 0.987. The van der Waals surface area contributed by atoms with Gasteiger partial charge in [-0.15, -0.1) is 0 Å². The highest BCUT2D eigenvalue weighted by Crippen LogP contribution is 2.13. The lowest BCUT2D eigenvalue weighted by molar-refractivity contribution is 0.0696. The fraction of sp³-hybridized carbons (Fsp3) is 0.571. The number of aliphatic hydroxyl groups excluding tert-OH is 1. The largest absolute Gasteiger partial charge is 0.478 e. The van der Waals surface area contributed by atoms with Crippen LogP contribution in [0.4, 0.5) is 5.82 Å². The van der Waals surface area contributed by atoms with Crippen molar-refractivity contribution in [1.29, 1.82) is 0 Å². The van der Waals surface area contributed by atoms with E-state index in [1.807, 2.05) is 13.8 Å². The highest BCUT2D eigenvalue weighted by Gasteiger charge is 2.09. The van der Waals surface area contributed by atoms with Gasteiger partial charge in [-0.2, -0.15) is 0 Å². The van der Waals surface area contributed by atoms with E-state index >= 15 is 0 Å². The van der Waals surface area contributed by atoms with E-state index in [2.05, 4.69) is 10.3 Å². The average molecular weight is 266 g/mol. The molecule has 3 N–H and O–H groups in total. The molecule has 1 aromatic rings. The van der Waals surface area contributed by atoms with Crippen LogP contribution in [-0.2, 0) is 6.42 Å². The van der Waals surface area contributed by atoms with Gasteiger partial charge >= 0.3 is 5.97 Å². The smallest absolute Gasteiger partial charge is 0.335 e. The van der Waals surface area contributed by atoms with E-state index in [0.29, 0.717) is 18.8 Å². The Bertz CT molecular complexity index is 421. The lowest BCUT2D eigenvalue weighted by Crippen LogP contribution is -2.20. The first-order chi connectivity index (χ1) is 9.06. The molecule has 1 rings (SSSR count). The van der Waals surface area contributed by atoms with Crippen molar-refractivity contribution in [3.8, 4) is 0 Å². The Morgan fingerprint density at radius 2 is 2.11 bits per heavy atom. The Labute approximate surface area is 113 Å². The van der Waals surface area contributed by atoms with Crippen LogP contribution in [0.5, 0.6) is 0 Å². The van der Waals surface area contributed by atoms with Crippen LogP contribution in [0.15, 0.2) is 12.1 Å². The molecule has 0 fully saturated rings. The zero-order valence-corrected chi connectivity index (χ0v) is 11.5. The fourth-order valence-corrected chi connectivity index (χ4v) is 1.84. The first-order valence-corrected chi connectivity index (χ1v) is 6.73. The zero-order chi connectivity index (χ0) is 14.3. The molecule has 1 heterocycles. The van der Waals surface area contributed by atoms with E-state index in [0.717, 1.165) is 25.0 Å². The molecule has 1 aromatic heterocycles. The second kappa shape index (κ2) is 7.74. The number of aliphatic hydroxyl groups is 1. The summed E-state index contributed by atoms with van der Waals surface area (Å²) >= 11 is 0. The van der Waals surface area contributed by atoms with E-state index < -0.39 is 12.1 Å². The van der Waals surface area contributed by atoms with Crippen molar-refractivity contribution in [2.45, 2.75) is 45.6 Å². The number of aryl methyl sites for hydroxylation is 1. The first kappa shape index (κ1) is 15.4. The number of nitrogens with one attached hydrogen (secondary N) is 1. The van der Waals surface area contributed by atoms with Crippen LogP contribution in [0.25, 0.3) is 0 Å². The summed E-state index contributed by atoms with van der Waals surface area (Å²) in [7, 11) is 0. The number of hydrogen-bond acceptors (Lipinski definition) is 4. The number of carboxylic acid groups (broad SMARTS) is 1. The Morgan fingerprint density at radius 3 is 2.68 bits per heavy atom. The van der Waals surface area contributed by atoms with Gasteiger partial charge < -0.3 is 15.5 Å². The third-order valence-electron chi connectivity index (χ3n) is 2.77. The molecule has 5 heteroatoms. The molecule has 106 valence electrons. The zero-order valence-electron chi connectivity index (χ0n) is 11.5. The van der Waals surface area contributed by atoms with Crippen molar-refractivity contribution in [2.75, 3.05) is 11.9 Å². The summed E-state index contributed by atoms with van der Waals surface area (Å²) in [5, 5.41) is 21.7. The molecule has 0 radical (unpaired) electrons. The van der Waals surface area contributed by atoms with Gasteiger partial charge in [-0.25, -0.2) is 9.78 Å². The van der Waals surface area contributed by atoms with Gasteiger partial charge in [0.05, 0.1) is 11.7 Å². The minimum absolute atomic E-state index is 0.228. The van der Waals surface area contributed by atoms with Crippen molar-refractivity contribution in [1.82, 2.24) is 4.98 Å². The number of anilines is 1. The molecule has 0 bridgehead atoms. The summed E-state index contributed by atoms with van der Waals surface area (Å²) in [5.74, 6) is -0.449. The van der Waals surface area contributed by atoms with E-state index in [-0.39, 0.29) is 5.56 Å². The monoisotopic (exact) mass is 266 g/mol. The van der Waals surface area contributed by atoms with Crippen LogP contribution in [0.1, 0.15) is 49.2 Å². The lowest BCUT2D eigenvalue weighted by Gasteiger charge is -2.12. The van der Waals surface area contributed by atoms with Gasteiger partial charge in [0.25, 0.3) is 0 Å². The number of hydrogen-bond donors (Lipinski definition) is 3. The fourth-order valence-electron chi connectivity index (χ4n) is 1.84. The van der Waals surface area contributed by atoms with E-state index in [1.165, 1.54) is 6.07 Å². The molecular formula is C14H22N2O3. The number of carboxylic acids is 1. The Kier molecular flexibility index (Phi) is 6.29. The van der Waals surface area contributed by atoms with Crippen molar-refractivity contribution in [3.05, 3.63) is 23.4 Å². The number of rotatable bonds is 8. The number of carbonyl (C=O) groups is 1. The average Bonchev–Trinajstić information content (AvgIpc) is 2.37. The van der Waals surface area contributed by atoms with Gasteiger partial charge in [0.15, 0.2) is 0 Å². The van der Waals surface area contributed by atoms with Crippen LogP contribution >= 0.6 is 0 Å². The van der Waals surface area contributed by atoms with Crippen molar-refractivity contribution < 1.29 is 15.0 Å². The predicted molar refractivity (Wildman–Crippen MR) is 74.6 cm³/mol. The second-order valence-corrected chi connectivity index (χ2v) is 4.61. The van der Waals surface area contributed by atoms with Gasteiger partial charge in [-0.05, 0) is 25.0 Å². The lowest BCUT2D eigenvalue weighted by atomic mass is 10.1. The molecular weight excluding hydrogens is 244 g/mol. The van der Waals surface area contributed by atoms with Crippen molar-refractivity contribution in [2.24, 2.45) is 0 Å². The standard InChI is InChI=1S/C14H22N2O3/c1-3-5-11-7-10(14(18)19)8-13(16-11)15-9-12(17)6-4-2/h7-8,12,17H,3-6,9H2,1-2H3,(H,15,16)(H,18,19). The van der Waals surface area contributed by atoms with E-state index in [9.17, 15) is 9.90 Å². The number of aromatic carboxylic acids is 1. The molecule has 19 heavy (non-hydrogen) atoms. The normalized spacial score (nSPS) is 12.2. The van der Waals surface area contributed by atoms with Gasteiger partial charge in [0.1, 0.15) is 5.82 Å². The van der Waals surface area contributed by atoms with Crippen LogP contribution < -0.4 is 5.32 Å². The molecule has 0 spiro atoms. The highest BCUT2D eigenvalue weighted by molar-refractivity contribution is 5.88. The SMILES string of the molecule is CCCc1cc(C(=O)O)cc(NCC(O)CCC)n1. The maximum absolute atomic E-state index is 11.0. The van der Waals surface area contributed by atoms with Crippen LogP contribution in [0, 0.1) is 0 Å². The topological polar surface area (TPSA) is 82.5 Å². The molecule has 0 aromatic carbocycles. The molecule has 0 saturated carbocycles. The van der Waals surface area contributed by atoms with Crippen molar-refractivity contribution in [3.63, 3.8) is 0 Å². The molecule has 1 atom stereocenters. The van der Waals surface area contributed by atoms with E-state index in [1.54, 1.807) is 6.07 Å². The number of nitrogens with zero attached hydrogens (tertiary/aromatic N) is 1. The van der Waals surface area contributed by atoms with Gasteiger partial charge in [0, 0.05) is 12.2 Å². The molecule has 5 nitrogen and oxygen atoms in total. The summed E-state index contributed by atoms with van der Waals surface area (Å²) in [4.78, 5) is 15.4. The Morgan fingerprint density at radius 1 is 1.37 bits per heavy atom. The summed E-state index contributed by atoms with van der Waals surface area (Å²) in [6, 6.07) is 3.10. The summed E-state index contributed by atoms with van der Waals surface area (Å²) in [6.07, 6.45) is 2.84. The second-order valence-electron chi connectivity index (χ2n) is 4.61. The van der Waals surface area contributed by atoms with Crippen LogP contribution in [0.2, 0.25) is 0 Å². The molecule has 1 unspecified atom stereocenters. The van der Waals surface area contributed by atoms with E-state index in [4.69, 9.17) is 5.11 Å². The molecule has 0 amide bonds. The predicted octanol–water partition coefficient (Wildman–Crippen LogP) is 2.31. The maximum Gasteiger partial charge on any atom is 0.335 e. The molecule has 0 aliphatic carbocycles. The number of pyridine rings is 1. The third-order valence-corrected chi connectivity index (χ3v) is 2.77. The molecule has 0 aliphatic rings. The van der Waals surface area contributed by atoms with Crippen LogP contribution in [-0.4, -0.2) is 33.8 Å². The summed E-state index contributed by atoms with van der Waals surface area (Å²) < 4.78 is 0. The highest BCUT2D eigenvalue weighted by atomic mass is 16.4. The quantitative estimate of drug-likeness (QED) is 0.672. The molecule has 0 aliphatic heterocycles. The minimum Gasteiger partial charge on any atom is -0.478 e. The van der Waals surface area contributed by atoms with Crippen LogP contribution in [0.3, 0.4) is 0 Å². The van der Waals surface area contributed by atoms with Gasteiger partial charge in [-0.1, -0.05) is 26.7 Å².